The Bertz CT molecular complexity index is 1500. The number of hydrogen-bond acceptors (Lipinski definition) is 4. The van der Waals surface area contributed by atoms with Crippen LogP contribution in [0.15, 0.2) is 72.8 Å². The molecular formula is C28H25FN4O4. The average molecular weight is 501 g/mol. The lowest BCUT2D eigenvalue weighted by Gasteiger charge is -2.47. The molecule has 3 N–H and O–H groups in total. The van der Waals surface area contributed by atoms with Crippen molar-refractivity contribution in [3.05, 3.63) is 106 Å². The van der Waals surface area contributed by atoms with Crippen LogP contribution in [0.2, 0.25) is 0 Å². The summed E-state index contributed by atoms with van der Waals surface area (Å²) in [6, 6.07) is 19.2. The minimum absolute atomic E-state index is 0.0682. The first kappa shape index (κ1) is 23.4. The second-order valence-electron chi connectivity index (χ2n) is 9.55. The second kappa shape index (κ2) is 9.11. The number of aromatic nitrogens is 1. The molecule has 4 aromatic rings. The first-order valence-corrected chi connectivity index (χ1v) is 12.2. The number of fused-ring (bicyclic) bond motifs is 4. The van der Waals surface area contributed by atoms with E-state index in [0.29, 0.717) is 24.9 Å². The van der Waals surface area contributed by atoms with Gasteiger partial charge in [0, 0.05) is 41.7 Å². The summed E-state index contributed by atoms with van der Waals surface area (Å²) in [5, 5.41) is 21.2. The number of nitrogens with one attached hydrogen (secondary N) is 2. The van der Waals surface area contributed by atoms with Gasteiger partial charge < -0.3 is 20.0 Å². The normalized spacial score (nSPS) is 20.2. The molecule has 0 saturated carbocycles. The summed E-state index contributed by atoms with van der Waals surface area (Å²) in [5.74, 6) is -0.658. The number of aromatic amines is 1. The van der Waals surface area contributed by atoms with E-state index in [1.807, 2.05) is 24.3 Å². The Morgan fingerprint density at radius 2 is 1.84 bits per heavy atom. The third-order valence-electron chi connectivity index (χ3n) is 7.38. The highest BCUT2D eigenvalue weighted by Crippen LogP contribution is 2.42. The van der Waals surface area contributed by atoms with Crippen molar-refractivity contribution in [2.75, 3.05) is 13.1 Å². The van der Waals surface area contributed by atoms with E-state index in [0.717, 1.165) is 27.7 Å². The van der Waals surface area contributed by atoms with Crippen LogP contribution in [0.1, 0.15) is 28.4 Å². The molecule has 0 spiro atoms. The third-order valence-corrected chi connectivity index (χ3v) is 7.38. The molecule has 0 radical (unpaired) electrons. The summed E-state index contributed by atoms with van der Waals surface area (Å²) in [7, 11) is 0. The maximum Gasteiger partial charge on any atom is 0.246 e. The van der Waals surface area contributed by atoms with Gasteiger partial charge >= 0.3 is 0 Å². The number of hydrogen-bond donors (Lipinski definition) is 3. The van der Waals surface area contributed by atoms with Crippen molar-refractivity contribution >= 4 is 28.4 Å². The molecule has 2 aliphatic rings. The van der Waals surface area contributed by atoms with Gasteiger partial charge in [0.2, 0.25) is 11.8 Å². The molecule has 3 unspecified atom stereocenters. The maximum atomic E-state index is 13.8. The van der Waals surface area contributed by atoms with Crippen LogP contribution in [0.4, 0.5) is 10.1 Å². The fourth-order valence-electron chi connectivity index (χ4n) is 5.62. The maximum absolute atomic E-state index is 13.8. The molecule has 188 valence electrons. The van der Waals surface area contributed by atoms with Gasteiger partial charge in [-0.2, -0.15) is 5.23 Å². The lowest BCUT2D eigenvalue weighted by molar-refractivity contribution is -0.991. The van der Waals surface area contributed by atoms with Gasteiger partial charge in [-0.25, -0.2) is 9.60 Å². The van der Waals surface area contributed by atoms with Gasteiger partial charge in [-0.1, -0.05) is 42.5 Å². The summed E-state index contributed by atoms with van der Waals surface area (Å²) < 4.78 is 13.3. The van der Waals surface area contributed by atoms with E-state index in [1.165, 1.54) is 18.2 Å². The number of H-pyrrole nitrogens is 1. The topological polar surface area (TPSA) is 104 Å². The Labute approximate surface area is 212 Å². The number of amides is 2. The summed E-state index contributed by atoms with van der Waals surface area (Å²) in [4.78, 5) is 34.0. The fraction of sp³-hybridized carbons (Fsp3) is 0.214. The van der Waals surface area contributed by atoms with Crippen molar-refractivity contribution < 1.29 is 24.4 Å². The number of quaternary nitrogens is 1. The van der Waals surface area contributed by atoms with Crippen LogP contribution in [0.3, 0.4) is 0 Å². The first-order valence-electron chi connectivity index (χ1n) is 12.2. The molecular weight excluding hydrogens is 475 g/mol. The molecule has 1 fully saturated rings. The molecule has 0 bridgehead atoms. The van der Waals surface area contributed by atoms with Gasteiger partial charge in [0.1, 0.15) is 11.9 Å². The quantitative estimate of drug-likeness (QED) is 0.367. The smallest absolute Gasteiger partial charge is 0.246 e. The number of nitrogens with zero attached hydrogens (tertiary/aromatic N) is 2. The zero-order valence-electron chi connectivity index (χ0n) is 19.9. The van der Waals surface area contributed by atoms with Crippen molar-refractivity contribution in [2.24, 2.45) is 0 Å². The molecule has 1 aromatic heterocycles. The highest BCUT2D eigenvalue weighted by atomic mass is 19.1. The second-order valence-corrected chi connectivity index (χ2v) is 9.55. The number of piperazine rings is 1. The predicted molar refractivity (Wildman–Crippen MR) is 133 cm³/mol. The van der Waals surface area contributed by atoms with Gasteiger partial charge in [-0.3, -0.25) is 9.59 Å². The zero-order chi connectivity index (χ0) is 25.7. The van der Waals surface area contributed by atoms with E-state index in [4.69, 9.17) is 0 Å². The largest absolute Gasteiger partial charge is 0.595 e. The number of para-hydroxylation sites is 1. The summed E-state index contributed by atoms with van der Waals surface area (Å²) in [5.41, 5.74) is 4.31. The van der Waals surface area contributed by atoms with Crippen molar-refractivity contribution in [1.29, 1.82) is 0 Å². The number of carbonyl (C=O) groups excluding carboxylic acids is 2. The Kier molecular flexibility index (Phi) is 5.75. The van der Waals surface area contributed by atoms with E-state index in [-0.39, 0.29) is 29.9 Å². The van der Waals surface area contributed by atoms with Crippen LogP contribution in [0.25, 0.3) is 10.9 Å². The average Bonchev–Trinajstić information content (AvgIpc) is 3.28. The van der Waals surface area contributed by atoms with Crippen LogP contribution < -0.4 is 5.23 Å². The minimum Gasteiger partial charge on any atom is -0.595 e. The van der Waals surface area contributed by atoms with Crippen LogP contribution >= 0.6 is 0 Å². The van der Waals surface area contributed by atoms with Gasteiger partial charge in [-0.15, -0.1) is 0 Å². The Balaban J connectivity index is 1.39. The molecule has 0 aliphatic carbocycles. The van der Waals surface area contributed by atoms with Gasteiger partial charge in [0.15, 0.2) is 5.69 Å². The molecule has 37 heavy (non-hydrogen) atoms. The van der Waals surface area contributed by atoms with Crippen LogP contribution in [-0.2, 0) is 22.4 Å². The lowest BCUT2D eigenvalue weighted by Crippen LogP contribution is -2.99. The van der Waals surface area contributed by atoms with Crippen LogP contribution in [-0.4, -0.2) is 50.9 Å². The lowest BCUT2D eigenvalue weighted by atomic mass is 9.86. The monoisotopic (exact) mass is 500 g/mol. The number of halogens is 1. The van der Waals surface area contributed by atoms with E-state index in [1.54, 1.807) is 40.1 Å². The summed E-state index contributed by atoms with van der Waals surface area (Å²) in [6.07, 6.45) is 0.876. The molecule has 2 aliphatic heterocycles. The van der Waals surface area contributed by atoms with E-state index >= 15 is 0 Å². The van der Waals surface area contributed by atoms with Gasteiger partial charge in [-0.05, 0) is 41.3 Å². The Hall–Kier alpha value is -4.05. The number of rotatable bonds is 5. The first-order chi connectivity index (χ1) is 17.9. The fourth-order valence-corrected chi connectivity index (χ4v) is 5.62. The molecule has 6 rings (SSSR count). The van der Waals surface area contributed by atoms with E-state index in [9.17, 15) is 24.4 Å². The van der Waals surface area contributed by atoms with Crippen molar-refractivity contribution in [1.82, 2.24) is 14.8 Å². The molecule has 2 amide bonds. The predicted octanol–water partition coefficient (Wildman–Crippen LogP) is 2.64. The van der Waals surface area contributed by atoms with E-state index < -0.39 is 17.3 Å². The standard InChI is InChI=1S/C28H25FN4O4/c29-19-10-8-17(9-11-19)12-13-31-16-25(34)32-24(28(31)35)15-22-21-6-1-2-7-23(21)30-26(22)27(32)18-4-3-5-20(14-18)33(36)37/h1-11,14,24,27,30,33,36H,12-13,15-16H2. The van der Waals surface area contributed by atoms with E-state index in [2.05, 4.69) is 4.98 Å². The third kappa shape index (κ3) is 4.07. The molecule has 9 heteroatoms. The van der Waals surface area contributed by atoms with Crippen molar-refractivity contribution in [2.45, 2.75) is 24.9 Å². The molecule has 1 saturated heterocycles. The zero-order valence-corrected chi connectivity index (χ0v) is 19.9. The number of benzene rings is 3. The molecule has 3 aromatic carbocycles. The Morgan fingerprint density at radius 1 is 1.05 bits per heavy atom. The molecule has 8 nitrogen and oxygen atoms in total. The summed E-state index contributed by atoms with van der Waals surface area (Å²) in [6.45, 7) is 0.279. The van der Waals surface area contributed by atoms with Gasteiger partial charge in [0.05, 0.1) is 12.6 Å². The van der Waals surface area contributed by atoms with Crippen LogP contribution in [0.5, 0.6) is 0 Å². The van der Waals surface area contributed by atoms with Gasteiger partial charge in [0.25, 0.3) is 0 Å². The highest BCUT2D eigenvalue weighted by Gasteiger charge is 2.48. The summed E-state index contributed by atoms with van der Waals surface area (Å²) >= 11 is 0. The highest BCUT2D eigenvalue weighted by molar-refractivity contribution is 5.97. The van der Waals surface area contributed by atoms with Crippen molar-refractivity contribution in [3.63, 3.8) is 0 Å². The SMILES string of the molecule is O=C1C2Cc3c([nH]c4ccccc34)C(c3cccc([NH+]([O-])O)c3)N2C(=O)CN1CCc1ccc(F)cc1. The molecule has 3 atom stereocenters. The van der Waals surface area contributed by atoms with Crippen LogP contribution in [0, 0.1) is 11.0 Å². The number of carbonyl (C=O) groups is 2. The van der Waals surface area contributed by atoms with Crippen molar-refractivity contribution in [3.8, 4) is 0 Å². The molecule has 3 heterocycles. The minimum atomic E-state index is -1.06. The Morgan fingerprint density at radius 3 is 2.62 bits per heavy atom.